The second-order valence-corrected chi connectivity index (χ2v) is 5.65. The van der Waals surface area contributed by atoms with Crippen LogP contribution in [0, 0.1) is 5.92 Å². The van der Waals surface area contributed by atoms with Gasteiger partial charge < -0.3 is 15.0 Å². The third-order valence-electron chi connectivity index (χ3n) is 3.29. The molecule has 0 radical (unpaired) electrons. The number of rotatable bonds is 9. The van der Waals surface area contributed by atoms with E-state index in [9.17, 15) is 0 Å². The first-order chi connectivity index (χ1) is 9.54. The van der Waals surface area contributed by atoms with E-state index in [1.165, 1.54) is 0 Å². The van der Waals surface area contributed by atoms with Crippen molar-refractivity contribution in [1.82, 2.24) is 15.3 Å². The number of hydrogen-bond donors (Lipinski definition) is 1. The first kappa shape index (κ1) is 16.9. The molecule has 0 saturated carbocycles. The van der Waals surface area contributed by atoms with Crippen molar-refractivity contribution in [1.29, 1.82) is 0 Å². The van der Waals surface area contributed by atoms with Crippen molar-refractivity contribution >= 4 is 5.95 Å². The highest BCUT2D eigenvalue weighted by Crippen LogP contribution is 2.14. The summed E-state index contributed by atoms with van der Waals surface area (Å²) >= 11 is 0. The van der Waals surface area contributed by atoms with Crippen molar-refractivity contribution in [3.8, 4) is 0 Å². The maximum Gasteiger partial charge on any atom is 0.225 e. The molecule has 0 amide bonds. The van der Waals surface area contributed by atoms with Gasteiger partial charge in [-0.1, -0.05) is 13.8 Å². The summed E-state index contributed by atoms with van der Waals surface area (Å²) in [7, 11) is 3.76. The Bertz CT molecular complexity index is 367. The van der Waals surface area contributed by atoms with Crippen LogP contribution >= 0.6 is 0 Å². The first-order valence-electron chi connectivity index (χ1n) is 7.28. The maximum absolute atomic E-state index is 4.99. The fraction of sp³-hybridized carbons (Fsp3) is 0.733. The summed E-state index contributed by atoms with van der Waals surface area (Å²) in [4.78, 5) is 11.0. The van der Waals surface area contributed by atoms with E-state index in [0.717, 1.165) is 31.0 Å². The number of nitrogens with one attached hydrogen (secondary N) is 1. The van der Waals surface area contributed by atoms with Gasteiger partial charge in [-0.05, 0) is 19.3 Å². The van der Waals surface area contributed by atoms with Crippen LogP contribution in [0.2, 0.25) is 0 Å². The maximum atomic E-state index is 4.99. The smallest absolute Gasteiger partial charge is 0.225 e. The minimum atomic E-state index is 0.445. The largest absolute Gasteiger partial charge is 0.383 e. The summed E-state index contributed by atoms with van der Waals surface area (Å²) < 4.78 is 4.99. The summed E-state index contributed by atoms with van der Waals surface area (Å²) in [5.41, 5.74) is 1.09. The average molecular weight is 280 g/mol. The fourth-order valence-electron chi connectivity index (χ4n) is 2.07. The zero-order valence-electron chi connectivity index (χ0n) is 13.4. The molecule has 1 aromatic heterocycles. The van der Waals surface area contributed by atoms with E-state index in [2.05, 4.69) is 48.0 Å². The van der Waals surface area contributed by atoms with Gasteiger partial charge in [0.1, 0.15) is 0 Å². The molecule has 1 atom stereocenters. The van der Waals surface area contributed by atoms with Gasteiger partial charge in [0.2, 0.25) is 5.95 Å². The molecule has 0 aliphatic rings. The van der Waals surface area contributed by atoms with Crippen LogP contribution in [-0.2, 0) is 11.3 Å². The van der Waals surface area contributed by atoms with Gasteiger partial charge in [0, 0.05) is 51.2 Å². The standard InChI is InChI=1S/C15H28N4O/c1-12(2)8-13(3)19(4)15-17-10-14(11-18-15)9-16-6-7-20-5/h10-13,16H,6-9H2,1-5H3. The Kier molecular flexibility index (Phi) is 7.47. The second-order valence-electron chi connectivity index (χ2n) is 5.65. The molecule has 20 heavy (non-hydrogen) atoms. The Labute approximate surface area is 122 Å². The molecule has 1 rings (SSSR count). The summed E-state index contributed by atoms with van der Waals surface area (Å²) in [5, 5.41) is 3.28. The summed E-state index contributed by atoms with van der Waals surface area (Å²) in [6.07, 6.45) is 4.92. The van der Waals surface area contributed by atoms with Crippen LogP contribution < -0.4 is 10.2 Å². The van der Waals surface area contributed by atoms with E-state index in [-0.39, 0.29) is 0 Å². The van der Waals surface area contributed by atoms with Gasteiger partial charge in [-0.15, -0.1) is 0 Å². The molecule has 5 nitrogen and oxygen atoms in total. The molecule has 0 aliphatic carbocycles. The monoisotopic (exact) mass is 280 g/mol. The van der Waals surface area contributed by atoms with E-state index in [0.29, 0.717) is 18.6 Å². The number of methoxy groups -OCH3 is 1. The van der Waals surface area contributed by atoms with E-state index >= 15 is 0 Å². The van der Waals surface area contributed by atoms with Crippen molar-refractivity contribution in [3.05, 3.63) is 18.0 Å². The molecule has 0 fully saturated rings. The molecule has 1 unspecified atom stereocenters. The Balaban J connectivity index is 2.48. The van der Waals surface area contributed by atoms with Crippen LogP contribution in [-0.4, -0.2) is 43.3 Å². The van der Waals surface area contributed by atoms with Crippen LogP contribution in [0.1, 0.15) is 32.8 Å². The molecule has 0 bridgehead atoms. The van der Waals surface area contributed by atoms with Gasteiger partial charge >= 0.3 is 0 Å². The first-order valence-corrected chi connectivity index (χ1v) is 7.28. The molecule has 1 heterocycles. The van der Waals surface area contributed by atoms with Gasteiger partial charge in [-0.3, -0.25) is 0 Å². The van der Waals surface area contributed by atoms with Gasteiger partial charge in [0.15, 0.2) is 0 Å². The minimum Gasteiger partial charge on any atom is -0.383 e. The van der Waals surface area contributed by atoms with Crippen molar-refractivity contribution in [2.45, 2.75) is 39.8 Å². The molecule has 0 saturated heterocycles. The number of ether oxygens (including phenoxy) is 1. The van der Waals surface area contributed by atoms with Crippen LogP contribution in [0.25, 0.3) is 0 Å². The molecule has 0 aliphatic heterocycles. The average Bonchev–Trinajstić information content (AvgIpc) is 2.43. The molecule has 1 N–H and O–H groups in total. The topological polar surface area (TPSA) is 50.3 Å². The zero-order valence-corrected chi connectivity index (χ0v) is 13.4. The highest BCUT2D eigenvalue weighted by atomic mass is 16.5. The molecule has 114 valence electrons. The Morgan fingerprint density at radius 2 is 1.90 bits per heavy atom. The van der Waals surface area contributed by atoms with Gasteiger partial charge in [0.05, 0.1) is 6.61 Å². The van der Waals surface area contributed by atoms with E-state index in [4.69, 9.17) is 4.74 Å². The van der Waals surface area contributed by atoms with Crippen LogP contribution in [0.15, 0.2) is 12.4 Å². The van der Waals surface area contributed by atoms with Crippen LogP contribution in [0.3, 0.4) is 0 Å². The predicted octanol–water partition coefficient (Wildman–Crippen LogP) is 2.08. The van der Waals surface area contributed by atoms with E-state index in [1.807, 2.05) is 12.4 Å². The van der Waals surface area contributed by atoms with Crippen LogP contribution in [0.5, 0.6) is 0 Å². The summed E-state index contributed by atoms with van der Waals surface area (Å²) in [6.45, 7) is 9.01. The van der Waals surface area contributed by atoms with Gasteiger partial charge in [-0.25, -0.2) is 9.97 Å². The number of hydrogen-bond acceptors (Lipinski definition) is 5. The normalized spacial score (nSPS) is 12.7. The Morgan fingerprint density at radius 3 is 2.45 bits per heavy atom. The Morgan fingerprint density at radius 1 is 1.25 bits per heavy atom. The molecule has 0 aromatic carbocycles. The van der Waals surface area contributed by atoms with Gasteiger partial charge in [0.25, 0.3) is 0 Å². The molecule has 5 heteroatoms. The Hall–Kier alpha value is -1.20. The lowest BCUT2D eigenvalue weighted by Crippen LogP contribution is -2.31. The molecule has 0 spiro atoms. The third-order valence-corrected chi connectivity index (χ3v) is 3.29. The molecule has 1 aromatic rings. The molecular weight excluding hydrogens is 252 g/mol. The quantitative estimate of drug-likeness (QED) is 0.702. The third kappa shape index (κ3) is 5.84. The van der Waals surface area contributed by atoms with Crippen molar-refractivity contribution in [2.75, 3.05) is 32.2 Å². The fourth-order valence-corrected chi connectivity index (χ4v) is 2.07. The SMILES string of the molecule is COCCNCc1cnc(N(C)C(C)CC(C)C)nc1. The zero-order chi connectivity index (χ0) is 15.0. The second kappa shape index (κ2) is 8.87. The summed E-state index contributed by atoms with van der Waals surface area (Å²) in [6, 6.07) is 0.445. The lowest BCUT2D eigenvalue weighted by Gasteiger charge is -2.26. The summed E-state index contributed by atoms with van der Waals surface area (Å²) in [5.74, 6) is 1.47. The lowest BCUT2D eigenvalue weighted by atomic mass is 10.0. The number of anilines is 1. The highest BCUT2D eigenvalue weighted by Gasteiger charge is 2.13. The van der Waals surface area contributed by atoms with Crippen molar-refractivity contribution in [2.24, 2.45) is 5.92 Å². The predicted molar refractivity (Wildman–Crippen MR) is 82.9 cm³/mol. The van der Waals surface area contributed by atoms with Crippen molar-refractivity contribution in [3.63, 3.8) is 0 Å². The lowest BCUT2D eigenvalue weighted by molar-refractivity contribution is 0.199. The highest BCUT2D eigenvalue weighted by molar-refractivity contribution is 5.29. The van der Waals surface area contributed by atoms with Crippen molar-refractivity contribution < 1.29 is 4.74 Å². The molecular formula is C15H28N4O. The minimum absolute atomic E-state index is 0.445. The van der Waals surface area contributed by atoms with Crippen LogP contribution in [0.4, 0.5) is 5.95 Å². The van der Waals surface area contributed by atoms with E-state index < -0.39 is 0 Å². The number of aromatic nitrogens is 2. The number of nitrogens with zero attached hydrogens (tertiary/aromatic N) is 3. The van der Waals surface area contributed by atoms with E-state index in [1.54, 1.807) is 7.11 Å². The van der Waals surface area contributed by atoms with Gasteiger partial charge in [-0.2, -0.15) is 0 Å².